The molecule has 1 aromatic carbocycles. The van der Waals surface area contributed by atoms with Gasteiger partial charge in [-0.05, 0) is 30.1 Å². The Labute approximate surface area is 120 Å². The highest BCUT2D eigenvalue weighted by molar-refractivity contribution is 8.21. The molecule has 1 rings (SSSR count). The third-order valence-corrected chi connectivity index (χ3v) is 4.90. The van der Waals surface area contributed by atoms with Gasteiger partial charge >= 0.3 is 0 Å². The van der Waals surface area contributed by atoms with Crippen LogP contribution in [0.25, 0.3) is 0 Å². The van der Waals surface area contributed by atoms with Crippen LogP contribution < -0.4 is 5.32 Å². The molecule has 1 aromatic rings. The van der Waals surface area contributed by atoms with Gasteiger partial charge in [-0.25, -0.2) is 0 Å². The van der Waals surface area contributed by atoms with Gasteiger partial charge in [0.25, 0.3) is 0 Å². The van der Waals surface area contributed by atoms with Crippen LogP contribution in [-0.4, -0.2) is 18.6 Å². The van der Waals surface area contributed by atoms with Crippen molar-refractivity contribution in [2.24, 2.45) is 5.92 Å². The molecule has 1 atom stereocenters. The summed E-state index contributed by atoms with van der Waals surface area (Å²) in [4.78, 5) is 0. The minimum Gasteiger partial charge on any atom is -0.306 e. The van der Waals surface area contributed by atoms with Gasteiger partial charge in [-0.3, -0.25) is 0 Å². The summed E-state index contributed by atoms with van der Waals surface area (Å²) in [5.41, 5.74) is 1.34. The van der Waals surface area contributed by atoms with Gasteiger partial charge in [0.15, 0.2) is 0 Å². The first kappa shape index (κ1) is 15.7. The fraction of sp³-hybridized carbons (Fsp3) is 0.467. The molecule has 1 nitrogen and oxygen atoms in total. The van der Waals surface area contributed by atoms with Crippen LogP contribution in [0.4, 0.5) is 0 Å². The summed E-state index contributed by atoms with van der Waals surface area (Å²) < 4.78 is 1.38. The largest absolute Gasteiger partial charge is 0.306 e. The molecule has 0 aliphatic rings. The van der Waals surface area contributed by atoms with Crippen LogP contribution >= 0.6 is 23.5 Å². The van der Waals surface area contributed by atoms with Crippen LogP contribution in [0.2, 0.25) is 0 Å². The van der Waals surface area contributed by atoms with Crippen molar-refractivity contribution in [3.05, 3.63) is 46.2 Å². The van der Waals surface area contributed by atoms with Gasteiger partial charge in [0.2, 0.25) is 0 Å². The van der Waals surface area contributed by atoms with Gasteiger partial charge in [0.1, 0.15) is 0 Å². The molecule has 0 aromatic heterocycles. The first-order valence-electron chi connectivity index (χ1n) is 6.24. The first-order valence-corrected chi connectivity index (χ1v) is 8.69. The van der Waals surface area contributed by atoms with E-state index in [1.165, 1.54) is 9.80 Å². The molecule has 1 N–H and O–H groups in total. The first-order chi connectivity index (χ1) is 8.67. The smallest absolute Gasteiger partial charge is 0.0371 e. The van der Waals surface area contributed by atoms with Crippen LogP contribution in [0.5, 0.6) is 0 Å². The van der Waals surface area contributed by atoms with Gasteiger partial charge in [0.05, 0.1) is 0 Å². The maximum Gasteiger partial charge on any atom is 0.0371 e. The standard InChI is InChI=1S/C15H23NS2/c1-12(2)14(10-15(17-3)18-4)16-11-13-8-6-5-7-9-13/h5-10,12,14,16H,11H2,1-4H3. The monoisotopic (exact) mass is 281 g/mol. The SMILES string of the molecule is CSC(=CC(NCc1ccccc1)C(C)C)SC. The van der Waals surface area contributed by atoms with E-state index in [-0.39, 0.29) is 0 Å². The van der Waals surface area contributed by atoms with Crippen molar-refractivity contribution in [3.8, 4) is 0 Å². The molecule has 0 bridgehead atoms. The minimum absolute atomic E-state index is 0.431. The van der Waals surface area contributed by atoms with Crippen molar-refractivity contribution in [1.29, 1.82) is 0 Å². The quantitative estimate of drug-likeness (QED) is 0.797. The average Bonchev–Trinajstić information content (AvgIpc) is 2.40. The van der Waals surface area contributed by atoms with E-state index >= 15 is 0 Å². The van der Waals surface area contributed by atoms with Gasteiger partial charge in [0, 0.05) is 16.8 Å². The number of rotatable bonds is 7. The van der Waals surface area contributed by atoms with Gasteiger partial charge in [-0.1, -0.05) is 44.2 Å². The van der Waals surface area contributed by atoms with Crippen molar-refractivity contribution in [2.75, 3.05) is 12.5 Å². The fourth-order valence-electron chi connectivity index (χ4n) is 1.68. The van der Waals surface area contributed by atoms with Crippen molar-refractivity contribution in [3.63, 3.8) is 0 Å². The van der Waals surface area contributed by atoms with Crippen LogP contribution in [0.1, 0.15) is 19.4 Å². The van der Waals surface area contributed by atoms with Gasteiger partial charge in [-0.15, -0.1) is 23.5 Å². The van der Waals surface area contributed by atoms with Gasteiger partial charge in [-0.2, -0.15) is 0 Å². The van der Waals surface area contributed by atoms with E-state index in [2.05, 4.69) is 68.1 Å². The summed E-state index contributed by atoms with van der Waals surface area (Å²) in [6, 6.07) is 11.0. The van der Waals surface area contributed by atoms with E-state index < -0.39 is 0 Å². The molecule has 1 unspecified atom stereocenters. The second-order valence-corrected chi connectivity index (χ2v) is 6.48. The predicted molar refractivity (Wildman–Crippen MR) is 87.0 cm³/mol. The van der Waals surface area contributed by atoms with E-state index in [1.807, 2.05) is 23.5 Å². The molecule has 0 fully saturated rings. The molecule has 18 heavy (non-hydrogen) atoms. The molecule has 3 heteroatoms. The predicted octanol–water partition coefficient (Wildman–Crippen LogP) is 4.37. The lowest BCUT2D eigenvalue weighted by Gasteiger charge is -2.20. The third-order valence-electron chi connectivity index (χ3n) is 2.82. The summed E-state index contributed by atoms with van der Waals surface area (Å²) in [5, 5.41) is 3.63. The van der Waals surface area contributed by atoms with Crippen molar-refractivity contribution in [2.45, 2.75) is 26.4 Å². The fourth-order valence-corrected chi connectivity index (χ4v) is 2.92. The number of nitrogens with one attached hydrogen (secondary N) is 1. The van der Waals surface area contributed by atoms with Crippen LogP contribution in [0.15, 0.2) is 40.6 Å². The summed E-state index contributed by atoms with van der Waals surface area (Å²) >= 11 is 3.64. The summed E-state index contributed by atoms with van der Waals surface area (Å²) in [7, 11) is 0. The lowest BCUT2D eigenvalue weighted by molar-refractivity contribution is 0.463. The highest BCUT2D eigenvalue weighted by atomic mass is 32.2. The van der Waals surface area contributed by atoms with Crippen LogP contribution in [0, 0.1) is 5.92 Å². The van der Waals surface area contributed by atoms with Crippen LogP contribution in [-0.2, 0) is 6.54 Å². The Balaban J connectivity index is 2.61. The second-order valence-electron chi connectivity index (χ2n) is 4.53. The Hall–Kier alpha value is -0.380. The molecule has 100 valence electrons. The summed E-state index contributed by atoms with van der Waals surface area (Å²) in [6.07, 6.45) is 6.62. The van der Waals surface area contributed by atoms with E-state index in [4.69, 9.17) is 0 Å². The molecule has 0 saturated carbocycles. The van der Waals surface area contributed by atoms with Crippen molar-refractivity contribution < 1.29 is 0 Å². The lowest BCUT2D eigenvalue weighted by atomic mass is 10.0. The molecule has 0 radical (unpaired) electrons. The molecule has 0 spiro atoms. The molecule has 0 saturated heterocycles. The van der Waals surface area contributed by atoms with E-state index in [0.717, 1.165) is 6.54 Å². The molecule has 0 aliphatic carbocycles. The average molecular weight is 281 g/mol. The molecular weight excluding hydrogens is 258 g/mol. The van der Waals surface area contributed by atoms with E-state index in [1.54, 1.807) is 0 Å². The highest BCUT2D eigenvalue weighted by Gasteiger charge is 2.10. The lowest BCUT2D eigenvalue weighted by Crippen LogP contribution is -2.31. The second kappa shape index (κ2) is 8.68. The Kier molecular flexibility index (Phi) is 7.56. The zero-order valence-corrected chi connectivity index (χ0v) is 13.3. The topological polar surface area (TPSA) is 12.0 Å². The van der Waals surface area contributed by atoms with Gasteiger partial charge < -0.3 is 5.32 Å². The zero-order valence-electron chi connectivity index (χ0n) is 11.6. The zero-order chi connectivity index (χ0) is 13.4. The van der Waals surface area contributed by atoms with E-state index in [0.29, 0.717) is 12.0 Å². The normalized spacial score (nSPS) is 12.5. The van der Waals surface area contributed by atoms with E-state index in [9.17, 15) is 0 Å². The van der Waals surface area contributed by atoms with Crippen LogP contribution in [0.3, 0.4) is 0 Å². The summed E-state index contributed by atoms with van der Waals surface area (Å²) in [5.74, 6) is 0.600. The minimum atomic E-state index is 0.431. The number of thioether (sulfide) groups is 2. The van der Waals surface area contributed by atoms with Crippen molar-refractivity contribution in [1.82, 2.24) is 5.32 Å². The third kappa shape index (κ3) is 5.51. The maximum atomic E-state index is 3.63. The highest BCUT2D eigenvalue weighted by Crippen LogP contribution is 2.25. The maximum absolute atomic E-state index is 3.63. The Morgan fingerprint density at radius 3 is 2.28 bits per heavy atom. The summed E-state index contributed by atoms with van der Waals surface area (Å²) in [6.45, 7) is 5.45. The Morgan fingerprint density at radius 1 is 1.17 bits per heavy atom. The molecular formula is C15H23NS2. The molecule has 0 heterocycles. The Bertz CT molecular complexity index is 354. The number of benzene rings is 1. The molecule has 0 aliphatic heterocycles. The van der Waals surface area contributed by atoms with Crippen molar-refractivity contribution >= 4 is 23.5 Å². The Morgan fingerprint density at radius 2 is 1.78 bits per heavy atom. The molecule has 0 amide bonds. The number of hydrogen-bond acceptors (Lipinski definition) is 3. The number of hydrogen-bond donors (Lipinski definition) is 1.